The number of aryl methyl sites for hydroxylation is 1. The molecule has 1 aromatic carbocycles. The highest BCUT2D eigenvalue weighted by atomic mass is 16.3. The van der Waals surface area contributed by atoms with Gasteiger partial charge in [0.25, 0.3) is 5.91 Å². The number of benzene rings is 1. The van der Waals surface area contributed by atoms with Gasteiger partial charge in [-0.25, -0.2) is 0 Å². The number of carbonyl (C=O) groups excluding carboxylic acids is 1. The normalized spacial score (nSPS) is 19.4. The number of likely N-dealkylation sites (tertiary alicyclic amines) is 1. The van der Waals surface area contributed by atoms with Crippen molar-refractivity contribution in [1.82, 2.24) is 15.1 Å². The van der Waals surface area contributed by atoms with E-state index in [1.807, 2.05) is 31.2 Å². The van der Waals surface area contributed by atoms with Gasteiger partial charge in [-0.15, -0.1) is 0 Å². The van der Waals surface area contributed by atoms with Crippen molar-refractivity contribution in [3.63, 3.8) is 0 Å². The number of rotatable bonds is 3. The average molecular weight is 299 g/mol. The number of aromatic amines is 1. The van der Waals surface area contributed by atoms with Crippen LogP contribution in [0, 0.1) is 12.8 Å². The lowest BCUT2D eigenvalue weighted by molar-refractivity contribution is 0.0757. The van der Waals surface area contributed by atoms with E-state index < -0.39 is 0 Å². The third-order valence-electron chi connectivity index (χ3n) is 4.35. The zero-order chi connectivity index (χ0) is 15.7. The second-order valence-corrected chi connectivity index (χ2v) is 6.07. The minimum atomic E-state index is -0.373. The summed E-state index contributed by atoms with van der Waals surface area (Å²) in [7, 11) is 0. The SMILES string of the molecule is Cc1ccc(-c2cc(C(=O)N3CCC(C(C)O)C3)[nH]n2)cc1. The minimum Gasteiger partial charge on any atom is -0.393 e. The van der Waals surface area contributed by atoms with E-state index in [1.54, 1.807) is 17.9 Å². The fourth-order valence-corrected chi connectivity index (χ4v) is 2.84. The molecule has 2 atom stereocenters. The Morgan fingerprint density at radius 1 is 1.41 bits per heavy atom. The number of carbonyl (C=O) groups is 1. The van der Waals surface area contributed by atoms with Crippen molar-refractivity contribution in [2.75, 3.05) is 13.1 Å². The van der Waals surface area contributed by atoms with E-state index in [0.717, 1.165) is 17.7 Å². The van der Waals surface area contributed by atoms with Gasteiger partial charge in [0.2, 0.25) is 0 Å². The molecule has 1 amide bonds. The predicted octanol–water partition coefficient (Wildman–Crippen LogP) is 2.23. The van der Waals surface area contributed by atoms with Crippen LogP contribution in [-0.4, -0.2) is 45.3 Å². The van der Waals surface area contributed by atoms with Gasteiger partial charge in [-0.05, 0) is 26.3 Å². The largest absolute Gasteiger partial charge is 0.393 e. The molecule has 1 fully saturated rings. The summed E-state index contributed by atoms with van der Waals surface area (Å²) in [6.07, 6.45) is 0.477. The Labute approximate surface area is 130 Å². The lowest BCUT2D eigenvalue weighted by atomic mass is 10.0. The molecule has 0 bridgehead atoms. The molecule has 0 radical (unpaired) electrons. The Morgan fingerprint density at radius 3 is 2.77 bits per heavy atom. The Bertz CT molecular complexity index is 661. The smallest absolute Gasteiger partial charge is 0.271 e. The van der Waals surface area contributed by atoms with Gasteiger partial charge in [0.15, 0.2) is 0 Å². The zero-order valence-electron chi connectivity index (χ0n) is 12.9. The van der Waals surface area contributed by atoms with Crippen molar-refractivity contribution in [2.24, 2.45) is 5.92 Å². The van der Waals surface area contributed by atoms with Gasteiger partial charge < -0.3 is 10.0 Å². The van der Waals surface area contributed by atoms with Crippen LogP contribution in [0.3, 0.4) is 0 Å². The number of aromatic nitrogens is 2. The number of hydrogen-bond acceptors (Lipinski definition) is 3. The third-order valence-corrected chi connectivity index (χ3v) is 4.35. The quantitative estimate of drug-likeness (QED) is 0.913. The highest BCUT2D eigenvalue weighted by Gasteiger charge is 2.30. The summed E-state index contributed by atoms with van der Waals surface area (Å²) >= 11 is 0. The van der Waals surface area contributed by atoms with E-state index in [-0.39, 0.29) is 17.9 Å². The molecule has 3 rings (SSSR count). The molecular formula is C17H21N3O2. The van der Waals surface area contributed by atoms with Crippen LogP contribution >= 0.6 is 0 Å². The summed E-state index contributed by atoms with van der Waals surface area (Å²) < 4.78 is 0. The molecular weight excluding hydrogens is 278 g/mol. The van der Waals surface area contributed by atoms with E-state index in [1.165, 1.54) is 5.56 Å². The number of aliphatic hydroxyl groups excluding tert-OH is 1. The highest BCUT2D eigenvalue weighted by molar-refractivity contribution is 5.93. The van der Waals surface area contributed by atoms with Gasteiger partial charge in [-0.3, -0.25) is 9.89 Å². The standard InChI is InChI=1S/C17H21N3O2/c1-11-3-5-13(6-4-11)15-9-16(19-18-15)17(22)20-8-7-14(10-20)12(2)21/h3-6,9,12,14,21H,7-8,10H2,1-2H3,(H,18,19). The molecule has 1 aliphatic heterocycles. The van der Waals surface area contributed by atoms with Gasteiger partial charge in [0, 0.05) is 24.6 Å². The zero-order valence-corrected chi connectivity index (χ0v) is 12.9. The van der Waals surface area contributed by atoms with Crippen LogP contribution in [0.15, 0.2) is 30.3 Å². The van der Waals surface area contributed by atoms with E-state index in [9.17, 15) is 9.90 Å². The first-order valence-electron chi connectivity index (χ1n) is 7.64. The molecule has 0 saturated carbocycles. The molecule has 2 unspecified atom stereocenters. The summed E-state index contributed by atoms with van der Waals surface area (Å²) in [5.41, 5.74) is 3.46. The van der Waals surface area contributed by atoms with E-state index in [4.69, 9.17) is 0 Å². The molecule has 116 valence electrons. The molecule has 1 aromatic heterocycles. The number of H-pyrrole nitrogens is 1. The molecule has 0 spiro atoms. The summed E-state index contributed by atoms with van der Waals surface area (Å²) in [5, 5.41) is 16.7. The fraction of sp³-hybridized carbons (Fsp3) is 0.412. The minimum absolute atomic E-state index is 0.0472. The maximum Gasteiger partial charge on any atom is 0.271 e. The lowest BCUT2D eigenvalue weighted by Crippen LogP contribution is -2.30. The van der Waals surface area contributed by atoms with Crippen molar-refractivity contribution in [3.8, 4) is 11.3 Å². The van der Waals surface area contributed by atoms with Gasteiger partial charge in [0.1, 0.15) is 5.69 Å². The molecule has 2 aromatic rings. The van der Waals surface area contributed by atoms with Gasteiger partial charge in [-0.1, -0.05) is 29.8 Å². The van der Waals surface area contributed by atoms with Crippen LogP contribution < -0.4 is 0 Å². The van der Waals surface area contributed by atoms with Crippen LogP contribution in [0.2, 0.25) is 0 Å². The topological polar surface area (TPSA) is 69.2 Å². The second-order valence-electron chi connectivity index (χ2n) is 6.07. The number of aliphatic hydroxyl groups is 1. The Kier molecular flexibility index (Phi) is 3.98. The second kappa shape index (κ2) is 5.93. The Hall–Kier alpha value is -2.14. The number of nitrogens with zero attached hydrogens (tertiary/aromatic N) is 2. The molecule has 2 N–H and O–H groups in total. The van der Waals surface area contributed by atoms with Gasteiger partial charge in [0.05, 0.1) is 11.8 Å². The molecule has 1 saturated heterocycles. The number of hydrogen-bond donors (Lipinski definition) is 2. The lowest BCUT2D eigenvalue weighted by Gasteiger charge is -2.16. The Balaban J connectivity index is 1.74. The van der Waals surface area contributed by atoms with E-state index >= 15 is 0 Å². The van der Waals surface area contributed by atoms with Crippen LogP contribution in [-0.2, 0) is 0 Å². The molecule has 5 heteroatoms. The van der Waals surface area contributed by atoms with Crippen molar-refractivity contribution >= 4 is 5.91 Å². The van der Waals surface area contributed by atoms with Crippen molar-refractivity contribution < 1.29 is 9.90 Å². The van der Waals surface area contributed by atoms with Crippen molar-refractivity contribution in [2.45, 2.75) is 26.4 Å². The first-order valence-corrected chi connectivity index (χ1v) is 7.64. The molecule has 22 heavy (non-hydrogen) atoms. The maximum atomic E-state index is 12.5. The van der Waals surface area contributed by atoms with E-state index in [0.29, 0.717) is 18.8 Å². The fourth-order valence-electron chi connectivity index (χ4n) is 2.84. The molecule has 2 heterocycles. The summed E-state index contributed by atoms with van der Waals surface area (Å²) in [4.78, 5) is 14.3. The molecule has 5 nitrogen and oxygen atoms in total. The summed E-state index contributed by atoms with van der Waals surface area (Å²) in [6, 6.07) is 9.85. The average Bonchev–Trinajstić information content (AvgIpc) is 3.17. The van der Waals surface area contributed by atoms with Gasteiger partial charge >= 0.3 is 0 Å². The first-order chi connectivity index (χ1) is 10.5. The van der Waals surface area contributed by atoms with Crippen molar-refractivity contribution in [1.29, 1.82) is 0 Å². The number of nitrogens with one attached hydrogen (secondary N) is 1. The van der Waals surface area contributed by atoms with Crippen molar-refractivity contribution in [3.05, 3.63) is 41.6 Å². The summed E-state index contributed by atoms with van der Waals surface area (Å²) in [6.45, 7) is 5.11. The molecule has 0 aliphatic carbocycles. The third kappa shape index (κ3) is 2.90. The van der Waals surface area contributed by atoms with Crippen LogP contribution in [0.5, 0.6) is 0 Å². The first kappa shape index (κ1) is 14.8. The summed E-state index contributed by atoms with van der Waals surface area (Å²) in [5.74, 6) is 0.123. The van der Waals surface area contributed by atoms with Gasteiger partial charge in [-0.2, -0.15) is 5.10 Å². The Morgan fingerprint density at radius 2 is 2.14 bits per heavy atom. The molecule has 1 aliphatic rings. The van der Waals surface area contributed by atoms with Crippen LogP contribution in [0.1, 0.15) is 29.4 Å². The predicted molar refractivity (Wildman–Crippen MR) is 84.5 cm³/mol. The highest BCUT2D eigenvalue weighted by Crippen LogP contribution is 2.23. The number of amides is 1. The van der Waals surface area contributed by atoms with Crippen LogP contribution in [0.4, 0.5) is 0 Å². The maximum absolute atomic E-state index is 12.5. The monoisotopic (exact) mass is 299 g/mol. The van der Waals surface area contributed by atoms with E-state index in [2.05, 4.69) is 10.2 Å². The van der Waals surface area contributed by atoms with Crippen LogP contribution in [0.25, 0.3) is 11.3 Å².